The van der Waals surface area contributed by atoms with Crippen LogP contribution in [0.2, 0.25) is 0 Å². The van der Waals surface area contributed by atoms with Gasteiger partial charge in [-0.2, -0.15) is 0 Å². The van der Waals surface area contributed by atoms with Crippen molar-refractivity contribution in [2.75, 3.05) is 0 Å². The Morgan fingerprint density at radius 2 is 1.78 bits per heavy atom. The normalized spacial score (nSPS) is 43.3. The summed E-state index contributed by atoms with van der Waals surface area (Å²) in [6, 6.07) is 0. The Balaban J connectivity index is 1.61. The maximum absolute atomic E-state index is 1.97. The Morgan fingerprint density at radius 3 is 2.33 bits per heavy atom. The summed E-state index contributed by atoms with van der Waals surface area (Å²) in [6.07, 6.45) is 7.73. The van der Waals surface area contributed by atoms with Crippen molar-refractivity contribution in [1.29, 1.82) is 0 Å². The molecule has 0 amide bonds. The van der Waals surface area contributed by atoms with E-state index in [9.17, 15) is 0 Å². The molecule has 1 unspecified atom stereocenters. The number of hydrogen-bond donors (Lipinski definition) is 0. The van der Waals surface area contributed by atoms with Crippen LogP contribution < -0.4 is 0 Å². The zero-order chi connectivity index (χ0) is 5.84. The molecule has 0 aromatic rings. The van der Waals surface area contributed by atoms with E-state index in [0.717, 1.165) is 11.8 Å². The monoisotopic (exact) mass is 121 g/mol. The van der Waals surface area contributed by atoms with Gasteiger partial charge in [0.2, 0.25) is 0 Å². The van der Waals surface area contributed by atoms with Crippen LogP contribution in [0.15, 0.2) is 0 Å². The molecule has 0 aliphatic heterocycles. The molecule has 0 N–H and O–H groups in total. The fourth-order valence-corrected chi connectivity index (χ4v) is 2.09. The van der Waals surface area contributed by atoms with Gasteiger partial charge in [-0.05, 0) is 55.8 Å². The maximum Gasteiger partial charge on any atom is -0.0173 e. The third-order valence-electron chi connectivity index (χ3n) is 3.06. The highest BCUT2D eigenvalue weighted by Crippen LogP contribution is 2.63. The molecule has 0 spiro atoms. The molecule has 9 heavy (non-hydrogen) atoms. The average molecular weight is 121 g/mol. The van der Waals surface area contributed by atoms with Crippen LogP contribution in [0.4, 0.5) is 0 Å². The van der Waals surface area contributed by atoms with E-state index in [0.29, 0.717) is 0 Å². The lowest BCUT2D eigenvalue weighted by atomic mass is 10.2. The third-order valence-corrected chi connectivity index (χ3v) is 3.06. The van der Waals surface area contributed by atoms with E-state index in [2.05, 4.69) is 0 Å². The Kier molecular flexibility index (Phi) is 0.717. The van der Waals surface area contributed by atoms with Crippen molar-refractivity contribution < 1.29 is 0 Å². The Labute approximate surface area is 56.6 Å². The van der Waals surface area contributed by atoms with Crippen LogP contribution in [-0.4, -0.2) is 0 Å². The van der Waals surface area contributed by atoms with Gasteiger partial charge in [0.1, 0.15) is 0 Å². The first-order chi connectivity index (χ1) is 4.45. The van der Waals surface area contributed by atoms with Gasteiger partial charge in [0.15, 0.2) is 0 Å². The van der Waals surface area contributed by atoms with Gasteiger partial charge in [-0.25, -0.2) is 0 Å². The SMILES string of the molecule is C1CC1[C]1CC1C1CC1. The largest absolute Gasteiger partial charge is 0.0499 e. The molecular weight excluding hydrogens is 108 g/mol. The maximum atomic E-state index is 1.97. The molecule has 3 aliphatic carbocycles. The van der Waals surface area contributed by atoms with E-state index in [-0.39, 0.29) is 0 Å². The molecular formula is C9H13. The molecule has 3 saturated carbocycles. The highest BCUT2D eigenvalue weighted by molar-refractivity contribution is 5.24. The van der Waals surface area contributed by atoms with Gasteiger partial charge in [0, 0.05) is 0 Å². The van der Waals surface area contributed by atoms with Crippen LogP contribution in [-0.2, 0) is 0 Å². The Bertz CT molecular complexity index is 115. The van der Waals surface area contributed by atoms with E-state index < -0.39 is 0 Å². The van der Waals surface area contributed by atoms with E-state index in [1.165, 1.54) is 12.3 Å². The number of rotatable bonds is 2. The molecule has 0 nitrogen and oxygen atoms in total. The lowest BCUT2D eigenvalue weighted by Gasteiger charge is -1.89. The van der Waals surface area contributed by atoms with Gasteiger partial charge < -0.3 is 0 Å². The van der Waals surface area contributed by atoms with E-state index >= 15 is 0 Å². The molecule has 0 aromatic heterocycles. The highest BCUT2D eigenvalue weighted by Gasteiger charge is 2.53. The summed E-state index contributed by atoms with van der Waals surface area (Å²) < 4.78 is 0. The average Bonchev–Trinajstić information content (AvgIpc) is 2.67. The van der Waals surface area contributed by atoms with Crippen molar-refractivity contribution in [2.24, 2.45) is 17.8 Å². The lowest BCUT2D eigenvalue weighted by molar-refractivity contribution is 0.701. The zero-order valence-corrected chi connectivity index (χ0v) is 5.77. The van der Waals surface area contributed by atoms with Crippen LogP contribution >= 0.6 is 0 Å². The summed E-state index contributed by atoms with van der Waals surface area (Å²) >= 11 is 0. The molecule has 1 radical (unpaired) electrons. The quantitative estimate of drug-likeness (QED) is 0.526. The van der Waals surface area contributed by atoms with Crippen molar-refractivity contribution in [1.82, 2.24) is 0 Å². The van der Waals surface area contributed by atoms with Gasteiger partial charge in [-0.3, -0.25) is 0 Å². The molecule has 0 heterocycles. The molecule has 0 bridgehead atoms. The minimum Gasteiger partial charge on any atom is -0.0499 e. The topological polar surface area (TPSA) is 0 Å². The summed E-state index contributed by atoms with van der Waals surface area (Å²) in [5.41, 5.74) is 0. The second-order valence-corrected chi connectivity index (χ2v) is 4.00. The number of hydrogen-bond acceptors (Lipinski definition) is 0. The van der Waals surface area contributed by atoms with Crippen LogP contribution in [0, 0.1) is 23.7 Å². The summed E-state index contributed by atoms with van der Waals surface area (Å²) in [4.78, 5) is 0. The van der Waals surface area contributed by atoms with E-state index in [1.54, 1.807) is 25.7 Å². The summed E-state index contributed by atoms with van der Waals surface area (Å²) in [5.74, 6) is 5.44. The van der Waals surface area contributed by atoms with Gasteiger partial charge in [0.25, 0.3) is 0 Å². The van der Waals surface area contributed by atoms with Crippen molar-refractivity contribution >= 4 is 0 Å². The van der Waals surface area contributed by atoms with Gasteiger partial charge in [-0.15, -0.1) is 0 Å². The fraction of sp³-hybridized carbons (Fsp3) is 0.889. The molecule has 49 valence electrons. The summed E-state index contributed by atoms with van der Waals surface area (Å²) in [7, 11) is 0. The molecule has 0 saturated heterocycles. The molecule has 0 aromatic carbocycles. The minimum absolute atomic E-state index is 1.13. The second-order valence-electron chi connectivity index (χ2n) is 4.00. The van der Waals surface area contributed by atoms with Crippen LogP contribution in [0.3, 0.4) is 0 Å². The van der Waals surface area contributed by atoms with Crippen LogP contribution in [0.1, 0.15) is 32.1 Å². The Morgan fingerprint density at radius 1 is 1.00 bits per heavy atom. The van der Waals surface area contributed by atoms with Crippen molar-refractivity contribution in [2.45, 2.75) is 32.1 Å². The first kappa shape index (κ1) is 4.76. The molecule has 0 heteroatoms. The van der Waals surface area contributed by atoms with E-state index in [4.69, 9.17) is 0 Å². The van der Waals surface area contributed by atoms with Crippen LogP contribution in [0.5, 0.6) is 0 Å². The molecule has 1 atom stereocenters. The molecule has 3 fully saturated rings. The summed E-state index contributed by atoms with van der Waals surface area (Å²) in [6.45, 7) is 0. The van der Waals surface area contributed by atoms with Gasteiger partial charge in [-0.1, -0.05) is 0 Å². The second kappa shape index (κ2) is 1.36. The van der Waals surface area contributed by atoms with E-state index in [1.807, 2.05) is 5.92 Å². The molecule has 3 rings (SSSR count). The van der Waals surface area contributed by atoms with Crippen molar-refractivity contribution in [3.8, 4) is 0 Å². The van der Waals surface area contributed by atoms with Crippen LogP contribution in [0.25, 0.3) is 0 Å². The highest BCUT2D eigenvalue weighted by atomic mass is 14.6. The standard InChI is InChI=1S/C9H13/c1-2-6(1)8-5-9(8)7-3-4-7/h6-8H,1-5H2. The van der Waals surface area contributed by atoms with Crippen molar-refractivity contribution in [3.05, 3.63) is 5.92 Å². The zero-order valence-electron chi connectivity index (χ0n) is 5.77. The lowest BCUT2D eigenvalue weighted by Crippen LogP contribution is -1.83. The molecule has 3 aliphatic rings. The first-order valence-electron chi connectivity index (χ1n) is 4.31. The minimum atomic E-state index is 1.13. The predicted octanol–water partition coefficient (Wildman–Crippen LogP) is 2.40. The Hall–Kier alpha value is 0. The summed E-state index contributed by atoms with van der Waals surface area (Å²) in [5, 5.41) is 0. The fourth-order valence-electron chi connectivity index (χ4n) is 2.09. The van der Waals surface area contributed by atoms with Gasteiger partial charge in [0.05, 0.1) is 0 Å². The predicted molar refractivity (Wildman–Crippen MR) is 36.8 cm³/mol. The van der Waals surface area contributed by atoms with Crippen molar-refractivity contribution in [3.63, 3.8) is 0 Å². The third kappa shape index (κ3) is 0.720. The van der Waals surface area contributed by atoms with Gasteiger partial charge >= 0.3 is 0 Å². The first-order valence-corrected chi connectivity index (χ1v) is 4.31. The smallest absolute Gasteiger partial charge is 0.0173 e.